The fourth-order valence-corrected chi connectivity index (χ4v) is 1.49. The molecule has 0 fully saturated rings. The molecule has 1 heterocycles. The van der Waals surface area contributed by atoms with Crippen LogP contribution >= 0.6 is 0 Å². The van der Waals surface area contributed by atoms with Gasteiger partial charge in [0.05, 0.1) is 0 Å². The van der Waals surface area contributed by atoms with Crippen molar-refractivity contribution in [3.8, 4) is 11.1 Å². The van der Waals surface area contributed by atoms with Crippen molar-refractivity contribution < 1.29 is 4.39 Å². The van der Waals surface area contributed by atoms with Crippen LogP contribution in [-0.2, 0) is 0 Å². The first kappa shape index (κ1) is 10.7. The fourth-order valence-electron chi connectivity index (χ4n) is 1.49. The molecule has 0 radical (unpaired) electrons. The molecule has 0 amide bonds. The molecule has 3 nitrogen and oxygen atoms in total. The van der Waals surface area contributed by atoms with E-state index in [4.69, 9.17) is 5.73 Å². The smallest absolute Gasteiger partial charge is 0.131 e. The van der Waals surface area contributed by atoms with E-state index in [9.17, 15) is 4.39 Å². The third-order valence-electron chi connectivity index (χ3n) is 2.39. The highest BCUT2D eigenvalue weighted by Gasteiger charge is 2.08. The zero-order valence-corrected chi connectivity index (χ0v) is 8.89. The third kappa shape index (κ3) is 2.06. The summed E-state index contributed by atoms with van der Waals surface area (Å²) in [6, 6.07) is 4.72. The maximum absolute atomic E-state index is 13.6. The number of nitrogens with two attached hydrogens (primary N) is 1. The summed E-state index contributed by atoms with van der Waals surface area (Å²) in [5.41, 5.74) is 7.78. The van der Waals surface area contributed by atoms with Crippen LogP contribution in [0.25, 0.3) is 11.1 Å². The van der Waals surface area contributed by atoms with Crippen LogP contribution in [0.15, 0.2) is 36.9 Å². The fraction of sp³-hybridized carbons (Fsp3) is 0.167. The van der Waals surface area contributed by atoms with Crippen LogP contribution in [-0.4, -0.2) is 9.97 Å². The van der Waals surface area contributed by atoms with Crippen LogP contribution in [0, 0.1) is 5.82 Å². The molecule has 0 bridgehead atoms. The monoisotopic (exact) mass is 217 g/mol. The van der Waals surface area contributed by atoms with Crippen LogP contribution in [0.3, 0.4) is 0 Å². The number of halogens is 1. The Morgan fingerprint density at radius 3 is 2.56 bits per heavy atom. The summed E-state index contributed by atoms with van der Waals surface area (Å²) in [4.78, 5) is 7.74. The molecule has 0 aliphatic heterocycles. The largest absolute Gasteiger partial charge is 0.324 e. The first-order chi connectivity index (χ1) is 7.68. The van der Waals surface area contributed by atoms with Crippen molar-refractivity contribution in [2.45, 2.75) is 13.0 Å². The summed E-state index contributed by atoms with van der Waals surface area (Å²) in [5, 5.41) is 0. The van der Waals surface area contributed by atoms with E-state index < -0.39 is 0 Å². The Hall–Kier alpha value is -1.81. The van der Waals surface area contributed by atoms with Crippen molar-refractivity contribution in [3.05, 3.63) is 48.3 Å². The van der Waals surface area contributed by atoms with Crippen molar-refractivity contribution in [2.24, 2.45) is 5.73 Å². The minimum atomic E-state index is -0.292. The second-order valence-electron chi connectivity index (χ2n) is 3.66. The van der Waals surface area contributed by atoms with Crippen LogP contribution in [0.4, 0.5) is 4.39 Å². The number of benzene rings is 1. The lowest BCUT2D eigenvalue weighted by atomic mass is 10.0. The summed E-state index contributed by atoms with van der Waals surface area (Å²) in [6.07, 6.45) is 4.57. The highest BCUT2D eigenvalue weighted by atomic mass is 19.1. The van der Waals surface area contributed by atoms with E-state index >= 15 is 0 Å². The van der Waals surface area contributed by atoms with Crippen LogP contribution in [0.1, 0.15) is 18.5 Å². The Kier molecular flexibility index (Phi) is 2.92. The number of nitrogens with zero attached hydrogens (tertiary/aromatic N) is 2. The van der Waals surface area contributed by atoms with Crippen LogP contribution < -0.4 is 5.73 Å². The molecule has 1 atom stereocenters. The average Bonchev–Trinajstić information content (AvgIpc) is 2.30. The Morgan fingerprint density at radius 1 is 1.25 bits per heavy atom. The van der Waals surface area contributed by atoms with E-state index in [0.29, 0.717) is 11.1 Å². The van der Waals surface area contributed by atoms with E-state index in [1.54, 1.807) is 24.5 Å². The van der Waals surface area contributed by atoms with Gasteiger partial charge in [0.1, 0.15) is 12.1 Å². The summed E-state index contributed by atoms with van der Waals surface area (Å²) < 4.78 is 13.6. The molecule has 1 aromatic heterocycles. The lowest BCUT2D eigenvalue weighted by Crippen LogP contribution is -2.05. The molecule has 2 rings (SSSR count). The van der Waals surface area contributed by atoms with E-state index in [-0.39, 0.29) is 11.9 Å². The van der Waals surface area contributed by atoms with E-state index in [0.717, 1.165) is 5.56 Å². The molecule has 16 heavy (non-hydrogen) atoms. The van der Waals surface area contributed by atoms with Gasteiger partial charge in [0.15, 0.2) is 0 Å². The van der Waals surface area contributed by atoms with Crippen molar-refractivity contribution in [1.82, 2.24) is 9.97 Å². The van der Waals surface area contributed by atoms with Crippen molar-refractivity contribution in [2.75, 3.05) is 0 Å². The number of rotatable bonds is 2. The second-order valence-corrected chi connectivity index (χ2v) is 3.66. The lowest BCUT2D eigenvalue weighted by molar-refractivity contribution is 0.629. The third-order valence-corrected chi connectivity index (χ3v) is 2.39. The van der Waals surface area contributed by atoms with Gasteiger partial charge in [-0.3, -0.25) is 0 Å². The second kappa shape index (κ2) is 4.37. The molecule has 82 valence electrons. The minimum Gasteiger partial charge on any atom is -0.324 e. The molecule has 1 unspecified atom stereocenters. The Balaban J connectivity index is 2.52. The quantitative estimate of drug-likeness (QED) is 0.839. The molecule has 0 saturated heterocycles. The van der Waals surface area contributed by atoms with Gasteiger partial charge in [0.25, 0.3) is 0 Å². The van der Waals surface area contributed by atoms with Crippen molar-refractivity contribution in [1.29, 1.82) is 0 Å². The molecule has 1 aromatic carbocycles. The molecular formula is C12H12FN3. The lowest BCUT2D eigenvalue weighted by Gasteiger charge is -2.09. The molecule has 2 N–H and O–H groups in total. The first-order valence-corrected chi connectivity index (χ1v) is 4.99. The molecule has 2 aromatic rings. The Morgan fingerprint density at radius 2 is 1.94 bits per heavy atom. The van der Waals surface area contributed by atoms with Crippen molar-refractivity contribution in [3.63, 3.8) is 0 Å². The van der Waals surface area contributed by atoms with Crippen LogP contribution in [0.2, 0.25) is 0 Å². The first-order valence-electron chi connectivity index (χ1n) is 4.99. The van der Waals surface area contributed by atoms with E-state index in [2.05, 4.69) is 9.97 Å². The number of aromatic nitrogens is 2. The molecule has 0 saturated carbocycles. The van der Waals surface area contributed by atoms with Gasteiger partial charge in [-0.1, -0.05) is 6.07 Å². The van der Waals surface area contributed by atoms with Gasteiger partial charge >= 0.3 is 0 Å². The number of hydrogen-bond donors (Lipinski definition) is 1. The Bertz CT molecular complexity index is 483. The average molecular weight is 217 g/mol. The summed E-state index contributed by atoms with van der Waals surface area (Å²) in [5.74, 6) is -0.292. The zero-order chi connectivity index (χ0) is 11.5. The van der Waals surface area contributed by atoms with Crippen molar-refractivity contribution >= 4 is 0 Å². The minimum absolute atomic E-state index is 0.121. The topological polar surface area (TPSA) is 51.8 Å². The maximum atomic E-state index is 13.6. The highest BCUT2D eigenvalue weighted by molar-refractivity contribution is 5.63. The molecule has 4 heteroatoms. The predicted octanol–water partition coefficient (Wildman–Crippen LogP) is 2.30. The highest BCUT2D eigenvalue weighted by Crippen LogP contribution is 2.24. The van der Waals surface area contributed by atoms with Gasteiger partial charge in [-0.25, -0.2) is 14.4 Å². The van der Waals surface area contributed by atoms with Crippen LogP contribution in [0.5, 0.6) is 0 Å². The Labute approximate surface area is 93.2 Å². The number of hydrogen-bond acceptors (Lipinski definition) is 3. The normalized spacial score (nSPS) is 12.4. The maximum Gasteiger partial charge on any atom is 0.131 e. The molecular weight excluding hydrogens is 205 g/mol. The standard InChI is InChI=1S/C12H12FN3/c1-8(14)9-2-3-12(13)11(4-9)10-5-15-7-16-6-10/h2-8H,14H2,1H3. The van der Waals surface area contributed by atoms with Gasteiger partial charge in [0, 0.05) is 29.6 Å². The van der Waals surface area contributed by atoms with Gasteiger partial charge < -0.3 is 5.73 Å². The molecule has 0 spiro atoms. The zero-order valence-electron chi connectivity index (χ0n) is 8.89. The SMILES string of the molecule is CC(N)c1ccc(F)c(-c2cncnc2)c1. The van der Waals surface area contributed by atoms with Gasteiger partial charge in [-0.2, -0.15) is 0 Å². The van der Waals surface area contributed by atoms with Gasteiger partial charge in [-0.05, 0) is 24.6 Å². The molecule has 0 aliphatic carbocycles. The van der Waals surface area contributed by atoms with E-state index in [1.807, 2.05) is 6.92 Å². The van der Waals surface area contributed by atoms with E-state index in [1.165, 1.54) is 12.4 Å². The summed E-state index contributed by atoms with van der Waals surface area (Å²) >= 11 is 0. The predicted molar refractivity (Wildman–Crippen MR) is 60.0 cm³/mol. The summed E-state index contributed by atoms with van der Waals surface area (Å²) in [7, 11) is 0. The summed E-state index contributed by atoms with van der Waals surface area (Å²) in [6.45, 7) is 1.86. The van der Waals surface area contributed by atoms with Gasteiger partial charge in [-0.15, -0.1) is 0 Å². The van der Waals surface area contributed by atoms with Gasteiger partial charge in [0.2, 0.25) is 0 Å². The molecule has 0 aliphatic rings.